The van der Waals surface area contributed by atoms with E-state index in [-0.39, 0.29) is 52.3 Å². The quantitative estimate of drug-likeness (QED) is 0.0329. The van der Waals surface area contributed by atoms with Crippen molar-refractivity contribution in [2.24, 2.45) is 0 Å². The Kier molecular flexibility index (Phi) is 25.1. The first-order chi connectivity index (χ1) is 55.2. The van der Waals surface area contributed by atoms with Gasteiger partial charge in [0.05, 0.1) is 33.4 Å². The summed E-state index contributed by atoms with van der Waals surface area (Å²) in [4.78, 5) is 45.9. The van der Waals surface area contributed by atoms with Crippen LogP contribution < -0.4 is 25.4 Å². The molecule has 3 aliphatic carbocycles. The van der Waals surface area contributed by atoms with Crippen molar-refractivity contribution in [3.05, 3.63) is 240 Å². The lowest BCUT2D eigenvalue weighted by Gasteiger charge is -2.25. The molecule has 6 heterocycles. The van der Waals surface area contributed by atoms with Gasteiger partial charge in [-0.15, -0.1) is 0 Å². The Morgan fingerprint density at radius 2 is 0.842 bits per heavy atom. The van der Waals surface area contributed by atoms with Gasteiger partial charge in [-0.2, -0.15) is 0 Å². The normalized spacial score (nSPS) is 15.1. The first-order valence-electron chi connectivity index (χ1n) is 39.7. The molecule has 0 unspecified atom stereocenters. The average molecular weight is 1600 g/mol. The second-order valence-electron chi connectivity index (χ2n) is 30.8. The third kappa shape index (κ3) is 18.6. The van der Waals surface area contributed by atoms with E-state index in [0.717, 1.165) is 150 Å². The van der Waals surface area contributed by atoms with Gasteiger partial charge in [-0.3, -0.25) is 14.4 Å². The van der Waals surface area contributed by atoms with Gasteiger partial charge in [-0.25, -0.2) is 0 Å². The van der Waals surface area contributed by atoms with Gasteiger partial charge in [0.1, 0.15) is 36.2 Å². The molecule has 23 heteroatoms. The van der Waals surface area contributed by atoms with Gasteiger partial charge in [-0.05, 0) is 232 Å². The second-order valence-corrected chi connectivity index (χ2v) is 31.6. The summed E-state index contributed by atoms with van der Waals surface area (Å²) in [6.07, 6.45) is 9.24. The Hall–Kier alpha value is -10.7. The van der Waals surface area contributed by atoms with Crippen molar-refractivity contribution in [1.29, 1.82) is 0 Å². The molecular weight excluding hydrogens is 1500 g/mol. The van der Waals surface area contributed by atoms with Crippen LogP contribution in [0.1, 0.15) is 169 Å². The van der Waals surface area contributed by atoms with Gasteiger partial charge in [0.2, 0.25) is 0 Å². The molecular formula is C91H99BBrN9O12. The summed E-state index contributed by atoms with van der Waals surface area (Å²) >= 11 is 3.67. The predicted octanol–water partition coefficient (Wildman–Crippen LogP) is 16.6. The third-order valence-corrected chi connectivity index (χ3v) is 22.7. The van der Waals surface area contributed by atoms with E-state index in [1.807, 2.05) is 94.4 Å². The van der Waals surface area contributed by atoms with Crippen molar-refractivity contribution in [3.8, 4) is 90.3 Å². The summed E-state index contributed by atoms with van der Waals surface area (Å²) in [6, 6.07) is 50.6. The number of nitrogens with zero attached hydrogens (tertiary/aromatic N) is 6. The van der Waals surface area contributed by atoms with Gasteiger partial charge >= 0.3 is 7.12 Å². The molecule has 0 saturated heterocycles. The minimum Gasteiger partial charge on any atom is -0.508 e. The SMILES string of the molecule is CCNC(=O)c1noc(-c2cc(Br)c(C)cc2OCc2ccccc2)c1-c1ccc2c(c1)CCN(C)C2.CCNC(=O)c1noc(-c2cc(C3CC3)c(C)cc2OCc2ccccc2)c1-c1ccc2c(c1)CCN(C)C2.CCNC(=O)c1noc(-c2cc(C3CC3)c(O)cc2O)c1-c1ccc2c(c1)CCN(C)C2.OB(O)C1CC1. The Morgan fingerprint density at radius 1 is 0.465 bits per heavy atom. The van der Waals surface area contributed by atoms with Crippen molar-refractivity contribution < 1.29 is 57.7 Å². The number of ether oxygens (including phenoxy) is 2. The summed E-state index contributed by atoms with van der Waals surface area (Å²) in [7, 11) is 5.35. The number of aromatic nitrogens is 3. The Bertz CT molecular complexity index is 5300. The van der Waals surface area contributed by atoms with Crippen LogP contribution in [-0.4, -0.2) is 136 Å². The molecule has 7 N–H and O–H groups in total. The minimum absolute atomic E-state index is 0.0802. The second kappa shape index (κ2) is 35.8. The van der Waals surface area contributed by atoms with E-state index in [2.05, 4.69) is 163 Å². The number of halogens is 1. The van der Waals surface area contributed by atoms with E-state index in [9.17, 15) is 24.6 Å². The molecule has 6 aliphatic rings. The molecule has 3 aliphatic heterocycles. The average Bonchev–Trinajstić information content (AvgIpc) is 1.50. The highest BCUT2D eigenvalue weighted by atomic mass is 79.9. The van der Waals surface area contributed by atoms with Crippen molar-refractivity contribution in [2.75, 3.05) is 60.4 Å². The molecule has 3 fully saturated rings. The highest BCUT2D eigenvalue weighted by Gasteiger charge is 2.36. The maximum atomic E-state index is 13.2. The van der Waals surface area contributed by atoms with Crippen molar-refractivity contribution in [3.63, 3.8) is 0 Å². The van der Waals surface area contributed by atoms with Crippen molar-refractivity contribution in [2.45, 2.75) is 143 Å². The molecule has 21 nitrogen and oxygen atoms in total. The molecule has 0 spiro atoms. The standard InChI is InChI=1S/C33H35N3O3.C30H30BrN3O3.C25H27N3O4.C3H7BO2/c1-4-34-33(37)31-30(25-12-13-26-19-36(3)15-14-24(26)17-25)32(39-35-31)28-18-27(23-10-11-23)21(2)16-29(28)38-20-22-8-6-5-7-9-22;1-4-32-30(35)28-27(22-10-11-23-17-34(3)13-12-21(23)15-22)29(37-33-28)24-16-25(31)19(2)14-26(24)36-18-20-8-6-5-7-9-20;1-3-26-25(31)23-22(16-6-7-17-13-28(2)9-8-15(17)10-16)24(32-27-23)19-11-18(14-4-5-14)20(29)12-21(19)30;5-4(6)3-1-2-3/h5-9,12-13,16-18,23H,4,10-11,14-15,19-20H2,1-3H3,(H,34,37);5-11,14-16H,4,12-13,17-18H2,1-3H3,(H,32,35);6-7,10-12,14,29-30H,3-5,8-9,13H2,1-2H3,(H,26,31);3,5-6H,1-2H2. The Balaban J connectivity index is 0.000000137. The zero-order chi connectivity index (χ0) is 79.8. The van der Waals surface area contributed by atoms with Crippen LogP contribution in [-0.2, 0) is 52.1 Å². The Morgan fingerprint density at radius 3 is 1.22 bits per heavy atom. The van der Waals surface area contributed by atoms with Crippen LogP contribution in [0.3, 0.4) is 0 Å². The summed E-state index contributed by atoms with van der Waals surface area (Å²) < 4.78 is 31.3. The number of hydrogen-bond donors (Lipinski definition) is 7. The molecule has 3 amide bonds. The number of aryl methyl sites for hydroxylation is 2. The number of benzene rings is 8. The summed E-state index contributed by atoms with van der Waals surface area (Å²) in [5.41, 5.74) is 21.6. The lowest BCUT2D eigenvalue weighted by Crippen LogP contribution is -2.26. The van der Waals surface area contributed by atoms with E-state index in [1.54, 1.807) is 6.07 Å². The lowest BCUT2D eigenvalue weighted by atomic mass is 9.84. The van der Waals surface area contributed by atoms with E-state index < -0.39 is 7.12 Å². The molecule has 590 valence electrons. The molecule has 114 heavy (non-hydrogen) atoms. The summed E-state index contributed by atoms with van der Waals surface area (Å²) in [5.74, 6) is 3.04. The summed E-state index contributed by atoms with van der Waals surface area (Å²) in [5, 5.41) is 58.7. The number of carbonyl (C=O) groups is 3. The number of likely N-dealkylation sites (N-methyl/N-ethyl adjacent to an activating group) is 3. The number of hydrogen-bond acceptors (Lipinski definition) is 18. The number of nitrogens with one attached hydrogen (secondary N) is 3. The van der Waals surface area contributed by atoms with Crippen LogP contribution in [0.25, 0.3) is 67.4 Å². The van der Waals surface area contributed by atoms with Crippen LogP contribution >= 0.6 is 15.9 Å². The largest absolute Gasteiger partial charge is 0.508 e. The van der Waals surface area contributed by atoms with Crippen LogP contribution in [0.4, 0.5) is 0 Å². The highest BCUT2D eigenvalue weighted by Crippen LogP contribution is 2.51. The molecule has 0 atom stereocenters. The van der Waals surface area contributed by atoms with E-state index in [4.69, 9.17) is 33.1 Å². The monoisotopic (exact) mass is 1600 g/mol. The van der Waals surface area contributed by atoms with Gasteiger partial charge in [0.15, 0.2) is 34.4 Å². The maximum absolute atomic E-state index is 13.2. The molecule has 0 radical (unpaired) electrons. The number of amides is 3. The highest BCUT2D eigenvalue weighted by molar-refractivity contribution is 9.10. The minimum atomic E-state index is -1.04. The number of fused-ring (bicyclic) bond motifs is 3. The van der Waals surface area contributed by atoms with Crippen molar-refractivity contribution in [1.82, 2.24) is 46.1 Å². The molecule has 3 aromatic heterocycles. The fourth-order valence-corrected chi connectivity index (χ4v) is 15.5. The van der Waals surface area contributed by atoms with Crippen LogP contribution in [0, 0.1) is 13.8 Å². The topological polar surface area (TPSA) is 274 Å². The number of phenols is 2. The van der Waals surface area contributed by atoms with Crippen LogP contribution in [0.15, 0.2) is 170 Å². The third-order valence-electron chi connectivity index (χ3n) is 21.9. The van der Waals surface area contributed by atoms with Crippen molar-refractivity contribution >= 4 is 40.8 Å². The van der Waals surface area contributed by atoms with Crippen LogP contribution in [0.2, 0.25) is 5.82 Å². The predicted molar refractivity (Wildman–Crippen MR) is 445 cm³/mol. The first kappa shape index (κ1) is 80.0. The first-order valence-corrected chi connectivity index (χ1v) is 40.5. The van der Waals surface area contributed by atoms with E-state index in [1.165, 1.54) is 63.4 Å². The summed E-state index contributed by atoms with van der Waals surface area (Å²) in [6.45, 7) is 17.8. The smallest absolute Gasteiger partial charge is 0.454 e. The lowest BCUT2D eigenvalue weighted by molar-refractivity contribution is 0.0939. The van der Waals surface area contributed by atoms with Gasteiger partial charge in [0, 0.05) is 69.4 Å². The fourth-order valence-electron chi connectivity index (χ4n) is 15.1. The number of phenolic OH excluding ortho intramolecular Hbond substituents is 2. The number of aromatic hydroxyl groups is 2. The van der Waals surface area contributed by atoms with E-state index >= 15 is 0 Å². The number of carbonyl (C=O) groups excluding carboxylic acids is 3. The zero-order valence-electron chi connectivity index (χ0n) is 66.0. The molecule has 11 aromatic rings. The number of rotatable bonds is 21. The van der Waals surface area contributed by atoms with E-state index in [0.29, 0.717) is 84.2 Å². The molecule has 3 saturated carbocycles. The molecule has 17 rings (SSSR count). The zero-order valence-corrected chi connectivity index (χ0v) is 67.6. The molecule has 0 bridgehead atoms. The van der Waals surface area contributed by atoms with Gasteiger partial charge < -0.3 is 74.0 Å². The van der Waals surface area contributed by atoms with Gasteiger partial charge in [0.25, 0.3) is 17.7 Å². The Labute approximate surface area is 674 Å². The van der Waals surface area contributed by atoms with Crippen LogP contribution in [0.5, 0.6) is 23.0 Å². The fraction of sp³-hybridized carbons (Fsp3) is 0.341. The maximum Gasteiger partial charge on any atom is 0.454 e. The molecule has 8 aromatic carbocycles. The van der Waals surface area contributed by atoms with Gasteiger partial charge in [-0.1, -0.05) is 160 Å².